The Labute approximate surface area is 63.8 Å². The maximum absolute atomic E-state index is 11.0. The fraction of sp³-hybridized carbons (Fsp3) is 0.667. The van der Waals surface area contributed by atoms with Gasteiger partial charge in [-0.05, 0) is 13.3 Å². The molecule has 0 aliphatic carbocycles. The normalized spacial score (nSPS) is 29.7. The van der Waals surface area contributed by atoms with Gasteiger partial charge in [-0.25, -0.2) is 4.79 Å². The van der Waals surface area contributed by atoms with Gasteiger partial charge in [-0.3, -0.25) is 4.79 Å². The first-order valence-electron chi connectivity index (χ1n) is 3.34. The van der Waals surface area contributed by atoms with Gasteiger partial charge in [0.1, 0.15) is 5.54 Å². The van der Waals surface area contributed by atoms with Crippen LogP contribution in [-0.2, 0) is 4.79 Å². The molecule has 1 fully saturated rings. The predicted octanol–water partition coefficient (Wildman–Crippen LogP) is -0.467. The summed E-state index contributed by atoms with van der Waals surface area (Å²) in [5, 5.41) is 13.1. The van der Waals surface area contributed by atoms with Crippen molar-refractivity contribution in [2.24, 2.45) is 0 Å². The lowest BCUT2D eigenvalue weighted by Crippen LogP contribution is -2.50. The first kappa shape index (κ1) is 7.84. The molecule has 0 radical (unpaired) electrons. The Morgan fingerprint density at radius 1 is 1.82 bits per heavy atom. The van der Waals surface area contributed by atoms with Crippen molar-refractivity contribution >= 4 is 12.0 Å². The van der Waals surface area contributed by atoms with E-state index < -0.39 is 11.6 Å². The van der Waals surface area contributed by atoms with Gasteiger partial charge in [-0.15, -0.1) is 0 Å². The topological polar surface area (TPSA) is 78.4 Å². The fourth-order valence-electron chi connectivity index (χ4n) is 1.09. The molecular formula is C6H10N2O3. The van der Waals surface area contributed by atoms with Crippen LogP contribution in [0.1, 0.15) is 13.3 Å². The van der Waals surface area contributed by atoms with Gasteiger partial charge < -0.3 is 15.7 Å². The molecule has 0 aromatic heterocycles. The summed E-state index contributed by atoms with van der Waals surface area (Å²) in [5.41, 5.74) is -0.925. The molecular weight excluding hydrogens is 148 g/mol. The summed E-state index contributed by atoms with van der Waals surface area (Å²) < 4.78 is 0. The second kappa shape index (κ2) is 2.41. The van der Waals surface area contributed by atoms with Crippen LogP contribution in [0.25, 0.3) is 0 Å². The number of carboxylic acid groups (broad SMARTS) is 1. The minimum atomic E-state index is -1.16. The van der Waals surface area contributed by atoms with Gasteiger partial charge in [-0.1, -0.05) is 0 Å². The summed E-state index contributed by atoms with van der Waals surface area (Å²) in [4.78, 5) is 21.2. The number of carbonyl (C=O) groups excluding carboxylic acids is 1. The number of hydrogen-bond acceptors (Lipinski definition) is 2. The molecule has 0 saturated carbocycles. The highest BCUT2D eigenvalue weighted by Gasteiger charge is 2.38. The van der Waals surface area contributed by atoms with Crippen LogP contribution >= 0.6 is 0 Å². The van der Waals surface area contributed by atoms with Crippen LogP contribution in [0, 0.1) is 0 Å². The minimum absolute atomic E-state index is 0.250. The Morgan fingerprint density at radius 3 is 2.82 bits per heavy atom. The standard InChI is InChI=1S/C6H10N2O3/c1-6(8-5(10)11)2-3-7-4(6)9/h8H,2-3H2,1H3,(H,7,9)(H,10,11). The summed E-state index contributed by atoms with van der Waals surface area (Å²) in [6.07, 6.45) is -0.650. The number of amides is 2. The molecule has 3 N–H and O–H groups in total. The van der Waals surface area contributed by atoms with Crippen LogP contribution < -0.4 is 10.6 Å². The van der Waals surface area contributed by atoms with Gasteiger partial charge >= 0.3 is 6.09 Å². The van der Waals surface area contributed by atoms with E-state index in [0.29, 0.717) is 13.0 Å². The van der Waals surface area contributed by atoms with Crippen LogP contribution in [0.3, 0.4) is 0 Å². The summed E-state index contributed by atoms with van der Waals surface area (Å²) >= 11 is 0. The van der Waals surface area contributed by atoms with Gasteiger partial charge in [0, 0.05) is 6.54 Å². The van der Waals surface area contributed by atoms with Gasteiger partial charge in [0.05, 0.1) is 0 Å². The molecule has 5 heteroatoms. The van der Waals surface area contributed by atoms with E-state index in [1.807, 2.05) is 0 Å². The lowest BCUT2D eigenvalue weighted by molar-refractivity contribution is -0.123. The van der Waals surface area contributed by atoms with E-state index in [2.05, 4.69) is 10.6 Å². The first-order valence-corrected chi connectivity index (χ1v) is 3.34. The van der Waals surface area contributed by atoms with Crippen molar-refractivity contribution in [3.05, 3.63) is 0 Å². The molecule has 0 aromatic carbocycles. The largest absolute Gasteiger partial charge is 0.465 e. The molecule has 1 atom stereocenters. The summed E-state index contributed by atoms with van der Waals surface area (Å²) in [6.45, 7) is 2.11. The molecule has 0 bridgehead atoms. The molecule has 1 heterocycles. The third-order valence-electron chi connectivity index (χ3n) is 1.79. The number of hydrogen-bond donors (Lipinski definition) is 3. The maximum atomic E-state index is 11.0. The van der Waals surface area contributed by atoms with Crippen LogP contribution in [0.2, 0.25) is 0 Å². The van der Waals surface area contributed by atoms with Crippen molar-refractivity contribution in [3.63, 3.8) is 0 Å². The van der Waals surface area contributed by atoms with E-state index in [4.69, 9.17) is 5.11 Å². The number of nitrogens with one attached hydrogen (secondary N) is 2. The summed E-state index contributed by atoms with van der Waals surface area (Å²) in [6, 6.07) is 0. The lowest BCUT2D eigenvalue weighted by Gasteiger charge is -2.19. The lowest BCUT2D eigenvalue weighted by atomic mass is 10.0. The Kier molecular flexibility index (Phi) is 1.72. The highest BCUT2D eigenvalue weighted by Crippen LogP contribution is 2.14. The Morgan fingerprint density at radius 2 is 2.45 bits per heavy atom. The molecule has 1 rings (SSSR count). The highest BCUT2D eigenvalue weighted by atomic mass is 16.4. The van der Waals surface area contributed by atoms with E-state index in [0.717, 1.165) is 0 Å². The van der Waals surface area contributed by atoms with Crippen molar-refractivity contribution in [2.75, 3.05) is 6.54 Å². The smallest absolute Gasteiger partial charge is 0.405 e. The van der Waals surface area contributed by atoms with E-state index in [1.54, 1.807) is 6.92 Å². The molecule has 1 unspecified atom stereocenters. The summed E-state index contributed by atoms with van der Waals surface area (Å²) in [5.74, 6) is -0.250. The van der Waals surface area contributed by atoms with E-state index in [-0.39, 0.29) is 5.91 Å². The van der Waals surface area contributed by atoms with Crippen LogP contribution in [-0.4, -0.2) is 29.2 Å². The zero-order chi connectivity index (χ0) is 8.48. The van der Waals surface area contributed by atoms with Gasteiger partial charge in [0.25, 0.3) is 0 Å². The zero-order valence-electron chi connectivity index (χ0n) is 6.18. The van der Waals surface area contributed by atoms with Crippen molar-refractivity contribution in [1.82, 2.24) is 10.6 Å². The second-order valence-electron chi connectivity index (χ2n) is 2.77. The van der Waals surface area contributed by atoms with Crippen LogP contribution in [0.5, 0.6) is 0 Å². The molecule has 0 aromatic rings. The Balaban J connectivity index is 2.65. The molecule has 1 saturated heterocycles. The van der Waals surface area contributed by atoms with Crippen LogP contribution in [0.4, 0.5) is 4.79 Å². The zero-order valence-corrected chi connectivity index (χ0v) is 6.18. The summed E-state index contributed by atoms with van der Waals surface area (Å²) in [7, 11) is 0. The molecule has 5 nitrogen and oxygen atoms in total. The number of carbonyl (C=O) groups is 2. The van der Waals surface area contributed by atoms with Crippen LogP contribution in [0.15, 0.2) is 0 Å². The van der Waals surface area contributed by atoms with E-state index in [9.17, 15) is 9.59 Å². The Hall–Kier alpha value is -1.26. The molecule has 11 heavy (non-hydrogen) atoms. The van der Waals surface area contributed by atoms with Crippen molar-refractivity contribution in [2.45, 2.75) is 18.9 Å². The average Bonchev–Trinajstić information content (AvgIpc) is 2.11. The third kappa shape index (κ3) is 1.42. The van der Waals surface area contributed by atoms with Gasteiger partial charge in [0.15, 0.2) is 0 Å². The maximum Gasteiger partial charge on any atom is 0.405 e. The molecule has 1 aliphatic heterocycles. The molecule has 0 spiro atoms. The second-order valence-corrected chi connectivity index (χ2v) is 2.77. The molecule has 1 aliphatic rings. The highest BCUT2D eigenvalue weighted by molar-refractivity contribution is 5.90. The third-order valence-corrected chi connectivity index (χ3v) is 1.79. The number of rotatable bonds is 1. The SMILES string of the molecule is CC1(NC(=O)O)CCNC1=O. The average molecular weight is 158 g/mol. The fourth-order valence-corrected chi connectivity index (χ4v) is 1.09. The van der Waals surface area contributed by atoms with Gasteiger partial charge in [-0.2, -0.15) is 0 Å². The predicted molar refractivity (Wildman–Crippen MR) is 37.2 cm³/mol. The molecule has 62 valence electrons. The molecule has 2 amide bonds. The van der Waals surface area contributed by atoms with Crippen molar-refractivity contribution in [1.29, 1.82) is 0 Å². The van der Waals surface area contributed by atoms with E-state index >= 15 is 0 Å². The van der Waals surface area contributed by atoms with Crippen molar-refractivity contribution in [3.8, 4) is 0 Å². The quantitative estimate of drug-likeness (QED) is 0.483. The minimum Gasteiger partial charge on any atom is -0.465 e. The van der Waals surface area contributed by atoms with E-state index in [1.165, 1.54) is 0 Å². The van der Waals surface area contributed by atoms with Gasteiger partial charge in [0.2, 0.25) is 5.91 Å². The Bertz CT molecular complexity index is 204. The monoisotopic (exact) mass is 158 g/mol. The first-order chi connectivity index (χ1) is 5.04. The van der Waals surface area contributed by atoms with Crippen molar-refractivity contribution < 1.29 is 14.7 Å².